The van der Waals surface area contributed by atoms with Crippen LogP contribution in [-0.4, -0.2) is 22.1 Å². The van der Waals surface area contributed by atoms with Crippen molar-refractivity contribution in [1.29, 1.82) is 0 Å². The molecule has 0 saturated carbocycles. The van der Waals surface area contributed by atoms with Gasteiger partial charge in [-0.15, -0.1) is 0 Å². The van der Waals surface area contributed by atoms with Gasteiger partial charge in [-0.1, -0.05) is 6.92 Å². The van der Waals surface area contributed by atoms with Crippen molar-refractivity contribution in [2.45, 2.75) is 45.3 Å². The summed E-state index contributed by atoms with van der Waals surface area (Å²) in [5.41, 5.74) is 3.78. The number of alkyl halides is 5. The maximum Gasteiger partial charge on any atom is 0.433 e. The Bertz CT molecular complexity index is 803. The van der Waals surface area contributed by atoms with E-state index in [4.69, 9.17) is 10.5 Å². The summed E-state index contributed by atoms with van der Waals surface area (Å²) < 4.78 is 70.8. The van der Waals surface area contributed by atoms with E-state index in [-0.39, 0.29) is 29.5 Å². The molecule has 0 radical (unpaired) electrons. The number of rotatable bonds is 7. The summed E-state index contributed by atoms with van der Waals surface area (Å²) in [5, 5.41) is 0. The van der Waals surface area contributed by atoms with E-state index < -0.39 is 29.5 Å². The molecule has 0 fully saturated rings. The second kappa shape index (κ2) is 8.38. The van der Waals surface area contributed by atoms with E-state index in [1.807, 2.05) is 20.8 Å². The number of aromatic nitrogens is 2. The molecule has 0 unspecified atom stereocenters. The standard InChI is InChI=1S/C19H22F5N3O/c1-11(9-18(2,3)25)10-28-14-5-4-13(27-16(14)17(20)21)12-6-7-26-15(8-12)19(22,23)24/h4-8,11,17H,9-10,25H2,1-3H3/t11-/m0/s1. The van der Waals surface area contributed by atoms with Gasteiger partial charge in [0.05, 0.1) is 12.3 Å². The lowest BCUT2D eigenvalue weighted by Gasteiger charge is -2.23. The first-order chi connectivity index (χ1) is 12.9. The fourth-order valence-corrected chi connectivity index (χ4v) is 2.84. The Kier molecular flexibility index (Phi) is 6.59. The van der Waals surface area contributed by atoms with Gasteiger partial charge in [0.2, 0.25) is 0 Å². The van der Waals surface area contributed by atoms with E-state index in [0.29, 0.717) is 6.42 Å². The van der Waals surface area contributed by atoms with E-state index in [2.05, 4.69) is 9.97 Å². The first-order valence-corrected chi connectivity index (χ1v) is 8.61. The van der Waals surface area contributed by atoms with Crippen LogP contribution in [0.4, 0.5) is 22.0 Å². The predicted octanol–water partition coefficient (Wildman–Crippen LogP) is 5.24. The van der Waals surface area contributed by atoms with Gasteiger partial charge >= 0.3 is 6.18 Å². The molecule has 154 valence electrons. The molecule has 0 spiro atoms. The van der Waals surface area contributed by atoms with Gasteiger partial charge in [-0.05, 0) is 50.5 Å². The molecule has 2 aromatic heterocycles. The van der Waals surface area contributed by atoms with Gasteiger partial charge in [0.15, 0.2) is 0 Å². The van der Waals surface area contributed by atoms with Crippen molar-refractivity contribution in [3.05, 3.63) is 41.9 Å². The molecular formula is C19H22F5N3O. The van der Waals surface area contributed by atoms with Crippen LogP contribution in [0, 0.1) is 5.92 Å². The molecule has 0 bridgehead atoms. The lowest BCUT2D eigenvalue weighted by molar-refractivity contribution is -0.141. The molecule has 0 aliphatic heterocycles. The van der Waals surface area contributed by atoms with Crippen LogP contribution in [0.3, 0.4) is 0 Å². The number of hydrogen-bond donors (Lipinski definition) is 1. The van der Waals surface area contributed by atoms with Crippen LogP contribution in [0.15, 0.2) is 30.5 Å². The third kappa shape index (κ3) is 6.12. The van der Waals surface area contributed by atoms with Crippen LogP contribution in [-0.2, 0) is 6.18 Å². The topological polar surface area (TPSA) is 61.0 Å². The zero-order valence-electron chi connectivity index (χ0n) is 15.7. The molecular weight excluding hydrogens is 381 g/mol. The average Bonchev–Trinajstić information content (AvgIpc) is 2.57. The number of pyridine rings is 2. The molecule has 2 aromatic rings. The molecule has 0 aliphatic carbocycles. The Balaban J connectivity index is 2.26. The predicted molar refractivity (Wildman–Crippen MR) is 95.0 cm³/mol. The second-order valence-electron chi connectivity index (χ2n) is 7.42. The molecule has 0 aliphatic rings. The number of ether oxygens (including phenoxy) is 1. The van der Waals surface area contributed by atoms with Crippen LogP contribution in [0.2, 0.25) is 0 Å². The van der Waals surface area contributed by atoms with Gasteiger partial charge < -0.3 is 10.5 Å². The number of hydrogen-bond acceptors (Lipinski definition) is 4. The second-order valence-corrected chi connectivity index (χ2v) is 7.42. The lowest BCUT2D eigenvalue weighted by Crippen LogP contribution is -2.35. The molecule has 28 heavy (non-hydrogen) atoms. The lowest BCUT2D eigenvalue weighted by atomic mass is 9.93. The molecule has 0 aromatic carbocycles. The maximum atomic E-state index is 13.4. The normalized spacial score (nSPS) is 13.6. The van der Waals surface area contributed by atoms with E-state index in [0.717, 1.165) is 12.3 Å². The van der Waals surface area contributed by atoms with Crippen molar-refractivity contribution in [3.8, 4) is 17.0 Å². The molecule has 9 heteroatoms. The van der Waals surface area contributed by atoms with Gasteiger partial charge in [0.1, 0.15) is 17.1 Å². The Morgan fingerprint density at radius 2 is 1.82 bits per heavy atom. The highest BCUT2D eigenvalue weighted by molar-refractivity contribution is 5.60. The van der Waals surface area contributed by atoms with E-state index >= 15 is 0 Å². The summed E-state index contributed by atoms with van der Waals surface area (Å²) in [6.45, 7) is 5.76. The van der Waals surface area contributed by atoms with Crippen LogP contribution < -0.4 is 10.5 Å². The van der Waals surface area contributed by atoms with Gasteiger partial charge in [0.25, 0.3) is 6.43 Å². The highest BCUT2D eigenvalue weighted by Crippen LogP contribution is 2.33. The largest absolute Gasteiger partial charge is 0.491 e. The summed E-state index contributed by atoms with van der Waals surface area (Å²) in [6.07, 6.45) is -6.00. The number of nitrogens with two attached hydrogens (primary N) is 1. The zero-order chi connectivity index (χ0) is 21.1. The van der Waals surface area contributed by atoms with Crippen LogP contribution in [0.1, 0.15) is 45.0 Å². The van der Waals surface area contributed by atoms with Gasteiger partial charge in [0, 0.05) is 17.3 Å². The summed E-state index contributed by atoms with van der Waals surface area (Å²) in [4.78, 5) is 7.08. The van der Waals surface area contributed by atoms with Crippen molar-refractivity contribution in [2.24, 2.45) is 11.7 Å². The first-order valence-electron chi connectivity index (χ1n) is 8.61. The smallest absolute Gasteiger partial charge is 0.433 e. The van der Waals surface area contributed by atoms with Crippen LogP contribution in [0.25, 0.3) is 11.3 Å². The van der Waals surface area contributed by atoms with Gasteiger partial charge in [-0.2, -0.15) is 13.2 Å². The number of halogens is 5. The maximum absolute atomic E-state index is 13.4. The van der Waals surface area contributed by atoms with E-state index in [1.165, 1.54) is 18.2 Å². The Labute approximate surface area is 159 Å². The molecule has 0 amide bonds. The molecule has 2 N–H and O–H groups in total. The van der Waals surface area contributed by atoms with Crippen molar-refractivity contribution in [2.75, 3.05) is 6.61 Å². The van der Waals surface area contributed by atoms with Gasteiger partial charge in [-0.3, -0.25) is 4.98 Å². The molecule has 1 atom stereocenters. The monoisotopic (exact) mass is 403 g/mol. The Morgan fingerprint density at radius 1 is 1.14 bits per heavy atom. The third-order valence-electron chi connectivity index (χ3n) is 3.84. The summed E-state index contributed by atoms with van der Waals surface area (Å²) in [5.74, 6) is -0.0923. The third-order valence-corrected chi connectivity index (χ3v) is 3.84. The molecule has 0 saturated heterocycles. The van der Waals surface area contributed by atoms with Crippen LogP contribution >= 0.6 is 0 Å². The van der Waals surface area contributed by atoms with Crippen molar-refractivity contribution in [1.82, 2.24) is 9.97 Å². The van der Waals surface area contributed by atoms with E-state index in [9.17, 15) is 22.0 Å². The minimum atomic E-state index is -4.64. The summed E-state index contributed by atoms with van der Waals surface area (Å²) in [7, 11) is 0. The molecule has 2 rings (SSSR count). The van der Waals surface area contributed by atoms with Crippen molar-refractivity contribution < 1.29 is 26.7 Å². The van der Waals surface area contributed by atoms with Crippen molar-refractivity contribution in [3.63, 3.8) is 0 Å². The highest BCUT2D eigenvalue weighted by atomic mass is 19.4. The number of nitrogens with zero attached hydrogens (tertiary/aromatic N) is 2. The molecule has 2 heterocycles. The Hall–Kier alpha value is -2.29. The fraction of sp³-hybridized carbons (Fsp3) is 0.474. The SMILES string of the molecule is C[C@H](COc1ccc(-c2ccnc(C(F)(F)F)c2)nc1C(F)F)CC(C)(C)N. The quantitative estimate of drug-likeness (QED) is 0.642. The van der Waals surface area contributed by atoms with E-state index in [1.54, 1.807) is 0 Å². The fourth-order valence-electron chi connectivity index (χ4n) is 2.84. The minimum absolute atomic E-state index is 0.0136. The highest BCUT2D eigenvalue weighted by Gasteiger charge is 2.32. The molecule has 4 nitrogen and oxygen atoms in total. The summed E-state index contributed by atoms with van der Waals surface area (Å²) in [6, 6.07) is 4.67. The Morgan fingerprint density at radius 3 is 2.39 bits per heavy atom. The minimum Gasteiger partial charge on any atom is -0.491 e. The van der Waals surface area contributed by atoms with Crippen molar-refractivity contribution >= 4 is 0 Å². The zero-order valence-corrected chi connectivity index (χ0v) is 15.7. The average molecular weight is 403 g/mol. The summed E-state index contributed by atoms with van der Waals surface area (Å²) >= 11 is 0. The van der Waals surface area contributed by atoms with Crippen LogP contribution in [0.5, 0.6) is 5.75 Å². The first kappa shape index (κ1) is 22.0. The van der Waals surface area contributed by atoms with Gasteiger partial charge in [-0.25, -0.2) is 13.8 Å².